The summed E-state index contributed by atoms with van der Waals surface area (Å²) in [5, 5.41) is 4.29. The number of hydrazone groups is 1. The molecule has 3 rings (SSSR count). The summed E-state index contributed by atoms with van der Waals surface area (Å²) in [6, 6.07) is 8.41. The molecule has 0 radical (unpaired) electrons. The van der Waals surface area contributed by atoms with Gasteiger partial charge in [0.15, 0.2) is 5.78 Å². The molecule has 118 valence electrons. The van der Waals surface area contributed by atoms with Crippen LogP contribution in [0.4, 0.5) is 5.69 Å². The minimum absolute atomic E-state index is 0.195. The number of likely N-dealkylation sites (tertiary alicyclic amines) is 1. The molecule has 1 saturated heterocycles. The Kier molecular flexibility index (Phi) is 5.22. The number of hydrogen-bond donors (Lipinski definition) is 1. The number of carbonyl (C=O) groups is 1. The Bertz CT molecular complexity index is 530. The van der Waals surface area contributed by atoms with E-state index in [1.54, 1.807) is 0 Å². The molecule has 0 unspecified atom stereocenters. The zero-order valence-electron chi connectivity index (χ0n) is 13.2. The van der Waals surface area contributed by atoms with E-state index in [1.165, 1.54) is 37.9 Å². The molecule has 0 atom stereocenters. The fourth-order valence-electron chi connectivity index (χ4n) is 3.17. The summed E-state index contributed by atoms with van der Waals surface area (Å²) in [4.78, 5) is 14.2. The quantitative estimate of drug-likeness (QED) is 0.864. The van der Waals surface area contributed by atoms with Gasteiger partial charge in [-0.3, -0.25) is 15.1 Å². The predicted octanol–water partition coefficient (Wildman–Crippen LogP) is 3.58. The van der Waals surface area contributed by atoms with Crippen LogP contribution < -0.4 is 5.43 Å². The van der Waals surface area contributed by atoms with Gasteiger partial charge >= 0.3 is 0 Å². The molecule has 1 aromatic rings. The van der Waals surface area contributed by atoms with Crippen molar-refractivity contribution >= 4 is 17.2 Å². The van der Waals surface area contributed by atoms with Gasteiger partial charge in [-0.05, 0) is 62.9 Å². The van der Waals surface area contributed by atoms with E-state index in [0.717, 1.165) is 31.5 Å². The Morgan fingerprint density at radius 3 is 2.41 bits per heavy atom. The van der Waals surface area contributed by atoms with Crippen LogP contribution in [0.1, 0.15) is 50.5 Å². The van der Waals surface area contributed by atoms with Gasteiger partial charge in [0.25, 0.3) is 0 Å². The molecular weight excluding hydrogens is 274 g/mol. The van der Waals surface area contributed by atoms with Crippen molar-refractivity contribution in [3.05, 3.63) is 29.8 Å². The predicted molar refractivity (Wildman–Crippen MR) is 90.1 cm³/mol. The van der Waals surface area contributed by atoms with Crippen molar-refractivity contribution in [2.75, 3.05) is 18.5 Å². The van der Waals surface area contributed by atoms with Gasteiger partial charge in [-0.25, -0.2) is 0 Å². The molecule has 1 aliphatic heterocycles. The van der Waals surface area contributed by atoms with Crippen molar-refractivity contribution in [1.82, 2.24) is 4.90 Å². The van der Waals surface area contributed by atoms with E-state index >= 15 is 0 Å². The average molecular weight is 299 g/mol. The Morgan fingerprint density at radius 1 is 0.955 bits per heavy atom. The Labute approximate surface area is 132 Å². The highest BCUT2D eigenvalue weighted by Gasteiger charge is 2.16. The number of benzene rings is 1. The molecule has 1 aliphatic carbocycles. The van der Waals surface area contributed by atoms with Gasteiger partial charge in [-0.1, -0.05) is 18.6 Å². The van der Waals surface area contributed by atoms with Gasteiger partial charge in [0.1, 0.15) is 5.71 Å². The fourth-order valence-corrected chi connectivity index (χ4v) is 3.17. The van der Waals surface area contributed by atoms with Crippen LogP contribution in [-0.4, -0.2) is 29.5 Å². The molecule has 0 aromatic heterocycles. The van der Waals surface area contributed by atoms with Gasteiger partial charge < -0.3 is 0 Å². The summed E-state index contributed by atoms with van der Waals surface area (Å²) in [6.45, 7) is 3.47. The summed E-state index contributed by atoms with van der Waals surface area (Å²) in [7, 11) is 0. The number of piperidine rings is 1. The zero-order chi connectivity index (χ0) is 15.2. The third kappa shape index (κ3) is 4.17. The van der Waals surface area contributed by atoms with Crippen LogP contribution in [0.15, 0.2) is 29.4 Å². The van der Waals surface area contributed by atoms with Crippen molar-refractivity contribution in [2.45, 2.75) is 51.5 Å². The lowest BCUT2D eigenvalue weighted by Gasteiger charge is -2.26. The van der Waals surface area contributed by atoms with E-state index in [0.29, 0.717) is 12.1 Å². The average Bonchev–Trinajstić information content (AvgIpc) is 2.56. The van der Waals surface area contributed by atoms with Crippen LogP contribution in [-0.2, 0) is 11.3 Å². The maximum absolute atomic E-state index is 11.7. The molecule has 4 nitrogen and oxygen atoms in total. The molecule has 2 fully saturated rings. The Hall–Kier alpha value is -1.68. The highest BCUT2D eigenvalue weighted by Crippen LogP contribution is 2.16. The molecule has 0 amide bonds. The number of hydrogen-bond acceptors (Lipinski definition) is 4. The molecule has 2 aliphatic rings. The molecule has 1 aromatic carbocycles. The fraction of sp³-hybridized carbons (Fsp3) is 0.556. The molecular formula is C18H25N3O. The largest absolute Gasteiger partial charge is 0.299 e. The number of rotatable bonds is 4. The Morgan fingerprint density at radius 2 is 1.68 bits per heavy atom. The van der Waals surface area contributed by atoms with Crippen molar-refractivity contribution in [3.8, 4) is 0 Å². The number of anilines is 1. The minimum atomic E-state index is 0.195. The number of Topliss-reactive ketones (excluding diaryl/α,β-unsaturated/α-hetero) is 1. The van der Waals surface area contributed by atoms with Gasteiger partial charge in [0.05, 0.1) is 5.69 Å². The maximum Gasteiger partial charge on any atom is 0.178 e. The summed E-state index contributed by atoms with van der Waals surface area (Å²) in [5.41, 5.74) is 6.02. The summed E-state index contributed by atoms with van der Waals surface area (Å²) in [6.07, 6.45) is 7.55. The van der Waals surface area contributed by atoms with Crippen molar-refractivity contribution < 1.29 is 4.79 Å². The monoisotopic (exact) mass is 299 g/mol. The first-order chi connectivity index (χ1) is 10.8. The van der Waals surface area contributed by atoms with Gasteiger partial charge in [0.2, 0.25) is 0 Å². The first kappa shape index (κ1) is 15.2. The van der Waals surface area contributed by atoms with E-state index in [4.69, 9.17) is 0 Å². The minimum Gasteiger partial charge on any atom is -0.299 e. The van der Waals surface area contributed by atoms with Crippen LogP contribution in [0.25, 0.3) is 0 Å². The lowest BCUT2D eigenvalue weighted by Crippen LogP contribution is -2.29. The van der Waals surface area contributed by atoms with Crippen LogP contribution in [0.5, 0.6) is 0 Å². The van der Waals surface area contributed by atoms with E-state index in [9.17, 15) is 4.79 Å². The summed E-state index contributed by atoms with van der Waals surface area (Å²) < 4.78 is 0. The number of nitrogens with one attached hydrogen (secondary N) is 1. The lowest BCUT2D eigenvalue weighted by atomic mass is 9.97. The number of nitrogens with zero attached hydrogens (tertiary/aromatic N) is 2. The van der Waals surface area contributed by atoms with E-state index in [-0.39, 0.29) is 5.78 Å². The molecule has 1 saturated carbocycles. The number of ketones is 1. The highest BCUT2D eigenvalue weighted by molar-refractivity contribution is 6.40. The van der Waals surface area contributed by atoms with Crippen LogP contribution in [0.3, 0.4) is 0 Å². The first-order valence-corrected chi connectivity index (χ1v) is 8.48. The second-order valence-corrected chi connectivity index (χ2v) is 6.33. The molecule has 22 heavy (non-hydrogen) atoms. The third-order valence-corrected chi connectivity index (χ3v) is 4.52. The van der Waals surface area contributed by atoms with E-state index in [1.807, 2.05) is 0 Å². The third-order valence-electron chi connectivity index (χ3n) is 4.52. The summed E-state index contributed by atoms with van der Waals surface area (Å²) in [5.74, 6) is 0.195. The smallest absolute Gasteiger partial charge is 0.178 e. The summed E-state index contributed by atoms with van der Waals surface area (Å²) >= 11 is 0. The number of carbonyl (C=O) groups excluding carboxylic acids is 1. The molecule has 0 spiro atoms. The normalized spacial score (nSPS) is 22.0. The first-order valence-electron chi connectivity index (χ1n) is 8.48. The maximum atomic E-state index is 11.7. The molecule has 1 N–H and O–H groups in total. The molecule has 4 heteroatoms. The van der Waals surface area contributed by atoms with Crippen molar-refractivity contribution in [1.29, 1.82) is 0 Å². The van der Waals surface area contributed by atoms with Crippen LogP contribution in [0, 0.1) is 0 Å². The topological polar surface area (TPSA) is 44.7 Å². The second kappa shape index (κ2) is 7.54. The van der Waals surface area contributed by atoms with Gasteiger partial charge in [0, 0.05) is 13.0 Å². The zero-order valence-corrected chi connectivity index (χ0v) is 13.2. The molecule has 0 bridgehead atoms. The second-order valence-electron chi connectivity index (χ2n) is 6.33. The van der Waals surface area contributed by atoms with Crippen molar-refractivity contribution in [2.24, 2.45) is 5.10 Å². The molecule has 1 heterocycles. The SMILES string of the molecule is O=C1CCCCC1=NNc1ccc(CN2CCCCC2)cc1. The lowest BCUT2D eigenvalue weighted by molar-refractivity contribution is -0.113. The van der Waals surface area contributed by atoms with Crippen molar-refractivity contribution in [3.63, 3.8) is 0 Å². The van der Waals surface area contributed by atoms with Crippen LogP contribution >= 0.6 is 0 Å². The van der Waals surface area contributed by atoms with E-state index in [2.05, 4.69) is 39.7 Å². The van der Waals surface area contributed by atoms with Crippen LogP contribution in [0.2, 0.25) is 0 Å². The highest BCUT2D eigenvalue weighted by atomic mass is 16.1. The van der Waals surface area contributed by atoms with Gasteiger partial charge in [-0.2, -0.15) is 5.10 Å². The van der Waals surface area contributed by atoms with Gasteiger partial charge in [-0.15, -0.1) is 0 Å². The Balaban J connectivity index is 1.54. The van der Waals surface area contributed by atoms with E-state index < -0.39 is 0 Å². The standard InChI is InChI=1S/C18H25N3O/c22-18-7-3-2-6-17(18)20-19-16-10-8-15(9-11-16)14-21-12-4-1-5-13-21/h8-11,19H,1-7,12-14H2.